The maximum absolute atomic E-state index is 12.3. The van der Waals surface area contributed by atoms with Crippen molar-refractivity contribution in [3.05, 3.63) is 41.2 Å². The Morgan fingerprint density at radius 1 is 1.00 bits per heavy atom. The van der Waals surface area contributed by atoms with E-state index in [0.29, 0.717) is 11.3 Å². The number of hydrogen-bond acceptors (Lipinski definition) is 8. The molecule has 0 N–H and O–H groups in total. The third kappa shape index (κ3) is 4.11. The molecule has 0 unspecified atom stereocenters. The van der Waals surface area contributed by atoms with Crippen LogP contribution >= 0.6 is 0 Å². The fraction of sp³-hybridized carbons (Fsp3) is 0.316. The minimum absolute atomic E-state index is 0.126. The fourth-order valence-corrected chi connectivity index (χ4v) is 2.59. The Balaban J connectivity index is 2.77. The number of hydrogen-bond donors (Lipinski definition) is 0. The second-order valence-electron chi connectivity index (χ2n) is 5.28. The van der Waals surface area contributed by atoms with E-state index >= 15 is 0 Å². The molecule has 2 rings (SSSR count). The zero-order valence-electron chi connectivity index (χ0n) is 15.5. The summed E-state index contributed by atoms with van der Waals surface area (Å²) in [5, 5.41) is 0. The lowest BCUT2D eigenvalue weighted by Crippen LogP contribution is -2.14. The molecule has 8 heteroatoms. The summed E-state index contributed by atoms with van der Waals surface area (Å²) in [5.74, 6) is -2.09. The Morgan fingerprint density at radius 3 is 2.26 bits per heavy atom. The van der Waals surface area contributed by atoms with Crippen LogP contribution in [0.2, 0.25) is 0 Å². The van der Waals surface area contributed by atoms with Gasteiger partial charge in [-0.05, 0) is 19.1 Å². The molecular weight excluding hydrogens is 356 g/mol. The first-order valence-corrected chi connectivity index (χ1v) is 8.09. The number of ether oxygens (including phenoxy) is 4. The average molecular weight is 376 g/mol. The second kappa shape index (κ2) is 8.88. The van der Waals surface area contributed by atoms with Gasteiger partial charge in [-0.25, -0.2) is 9.59 Å². The van der Waals surface area contributed by atoms with E-state index in [-0.39, 0.29) is 35.7 Å². The van der Waals surface area contributed by atoms with E-state index in [4.69, 9.17) is 23.4 Å². The van der Waals surface area contributed by atoms with E-state index in [1.807, 2.05) is 0 Å². The van der Waals surface area contributed by atoms with Crippen molar-refractivity contribution >= 4 is 17.9 Å². The topological polar surface area (TPSA) is 101 Å². The molecular formula is C19H20O8. The van der Waals surface area contributed by atoms with Crippen molar-refractivity contribution < 1.29 is 37.7 Å². The second-order valence-corrected chi connectivity index (χ2v) is 5.28. The molecule has 1 aromatic carbocycles. The minimum Gasteiger partial charge on any atom is -0.496 e. The molecule has 0 aliphatic carbocycles. The van der Waals surface area contributed by atoms with Crippen LogP contribution in [-0.2, 0) is 25.4 Å². The highest BCUT2D eigenvalue weighted by molar-refractivity contribution is 6.05. The fourth-order valence-electron chi connectivity index (χ4n) is 2.59. The summed E-state index contributed by atoms with van der Waals surface area (Å²) >= 11 is 0. The summed E-state index contributed by atoms with van der Waals surface area (Å²) in [6, 6.07) is 6.83. The van der Waals surface area contributed by atoms with Gasteiger partial charge in [0, 0.05) is 5.56 Å². The van der Waals surface area contributed by atoms with Gasteiger partial charge in [-0.3, -0.25) is 4.79 Å². The first-order valence-electron chi connectivity index (χ1n) is 8.09. The van der Waals surface area contributed by atoms with Gasteiger partial charge in [0.1, 0.15) is 17.1 Å². The van der Waals surface area contributed by atoms with Crippen LogP contribution < -0.4 is 4.74 Å². The summed E-state index contributed by atoms with van der Waals surface area (Å²) in [4.78, 5) is 36.6. The summed E-state index contributed by atoms with van der Waals surface area (Å²) in [6.45, 7) is 1.83. The summed E-state index contributed by atoms with van der Waals surface area (Å²) < 4.78 is 25.4. The maximum Gasteiger partial charge on any atom is 0.374 e. The molecule has 0 aliphatic heterocycles. The predicted octanol–water partition coefficient (Wildman–Crippen LogP) is 2.63. The zero-order valence-corrected chi connectivity index (χ0v) is 15.5. The first kappa shape index (κ1) is 20.0. The highest BCUT2D eigenvalue weighted by Crippen LogP contribution is 2.38. The molecule has 27 heavy (non-hydrogen) atoms. The molecule has 0 spiro atoms. The van der Waals surface area contributed by atoms with Gasteiger partial charge in [-0.15, -0.1) is 0 Å². The van der Waals surface area contributed by atoms with Gasteiger partial charge in [-0.1, -0.05) is 12.1 Å². The van der Waals surface area contributed by atoms with Crippen molar-refractivity contribution in [3.63, 3.8) is 0 Å². The number of esters is 3. The van der Waals surface area contributed by atoms with Crippen LogP contribution in [0.4, 0.5) is 0 Å². The smallest absolute Gasteiger partial charge is 0.374 e. The molecule has 0 atom stereocenters. The highest BCUT2D eigenvalue weighted by Gasteiger charge is 2.33. The molecule has 0 fully saturated rings. The number of furan rings is 1. The Kier molecular flexibility index (Phi) is 6.59. The van der Waals surface area contributed by atoms with E-state index in [1.165, 1.54) is 7.11 Å². The van der Waals surface area contributed by atoms with Gasteiger partial charge in [0.15, 0.2) is 0 Å². The molecule has 1 heterocycles. The van der Waals surface area contributed by atoms with E-state index in [0.717, 1.165) is 14.2 Å². The van der Waals surface area contributed by atoms with Crippen molar-refractivity contribution in [1.82, 2.24) is 0 Å². The first-order chi connectivity index (χ1) is 13.0. The van der Waals surface area contributed by atoms with Gasteiger partial charge in [0.25, 0.3) is 0 Å². The predicted molar refractivity (Wildman–Crippen MR) is 93.7 cm³/mol. The van der Waals surface area contributed by atoms with Crippen molar-refractivity contribution in [1.29, 1.82) is 0 Å². The Morgan fingerprint density at radius 2 is 1.67 bits per heavy atom. The van der Waals surface area contributed by atoms with Crippen LogP contribution in [-0.4, -0.2) is 45.8 Å². The van der Waals surface area contributed by atoms with Gasteiger partial charge in [0.2, 0.25) is 5.76 Å². The number of benzene rings is 1. The Hall–Kier alpha value is -3.29. The summed E-state index contributed by atoms with van der Waals surface area (Å²) in [6.07, 6.45) is -0.299. The monoisotopic (exact) mass is 376 g/mol. The van der Waals surface area contributed by atoms with Crippen LogP contribution in [0.15, 0.2) is 28.7 Å². The number of para-hydroxylation sites is 1. The molecule has 144 valence electrons. The highest BCUT2D eigenvalue weighted by atomic mass is 16.5. The molecule has 8 nitrogen and oxygen atoms in total. The van der Waals surface area contributed by atoms with Crippen molar-refractivity contribution in [2.75, 3.05) is 27.9 Å². The standard InChI is InChI=1S/C19H20O8/c1-5-26-14(20)10-12-15(18(21)24-3)17(19(22)25-4)27-16(12)11-8-6-7-9-13(11)23-2/h6-9H,5,10H2,1-4H3. The van der Waals surface area contributed by atoms with Crippen LogP contribution in [0.3, 0.4) is 0 Å². The van der Waals surface area contributed by atoms with Crippen molar-refractivity contribution in [2.45, 2.75) is 13.3 Å². The van der Waals surface area contributed by atoms with Crippen LogP contribution in [0, 0.1) is 0 Å². The van der Waals surface area contributed by atoms with Crippen molar-refractivity contribution in [2.24, 2.45) is 0 Å². The van der Waals surface area contributed by atoms with Gasteiger partial charge >= 0.3 is 17.9 Å². The van der Waals surface area contributed by atoms with Crippen LogP contribution in [0.1, 0.15) is 33.4 Å². The Bertz CT molecular complexity index is 849. The molecule has 1 aromatic heterocycles. The number of methoxy groups -OCH3 is 3. The molecule has 0 bridgehead atoms. The Labute approximate surface area is 156 Å². The molecule has 0 radical (unpaired) electrons. The van der Waals surface area contributed by atoms with E-state index in [2.05, 4.69) is 0 Å². The van der Waals surface area contributed by atoms with Crippen molar-refractivity contribution in [3.8, 4) is 17.1 Å². The maximum atomic E-state index is 12.3. The van der Waals surface area contributed by atoms with Gasteiger partial charge in [0.05, 0.1) is 39.9 Å². The molecule has 0 saturated carbocycles. The lowest BCUT2D eigenvalue weighted by Gasteiger charge is -2.08. The van der Waals surface area contributed by atoms with E-state index < -0.39 is 17.9 Å². The third-order valence-electron chi connectivity index (χ3n) is 3.75. The van der Waals surface area contributed by atoms with Gasteiger partial charge < -0.3 is 23.4 Å². The number of rotatable bonds is 7. The normalized spacial score (nSPS) is 10.2. The number of carbonyl (C=O) groups is 3. The summed E-state index contributed by atoms with van der Waals surface area (Å²) in [7, 11) is 3.78. The van der Waals surface area contributed by atoms with Gasteiger partial charge in [-0.2, -0.15) is 0 Å². The molecule has 0 aliphatic rings. The molecule has 2 aromatic rings. The lowest BCUT2D eigenvalue weighted by molar-refractivity contribution is -0.142. The molecule has 0 amide bonds. The number of carbonyl (C=O) groups excluding carboxylic acids is 3. The minimum atomic E-state index is -0.873. The quantitative estimate of drug-likeness (QED) is 0.537. The lowest BCUT2D eigenvalue weighted by atomic mass is 10.0. The largest absolute Gasteiger partial charge is 0.496 e. The van der Waals surface area contributed by atoms with Crippen LogP contribution in [0.5, 0.6) is 5.75 Å². The average Bonchev–Trinajstić information content (AvgIpc) is 3.05. The van der Waals surface area contributed by atoms with E-state index in [1.54, 1.807) is 31.2 Å². The molecule has 0 saturated heterocycles. The zero-order chi connectivity index (χ0) is 20.0. The summed E-state index contributed by atoms with van der Waals surface area (Å²) in [5.41, 5.74) is 0.433. The van der Waals surface area contributed by atoms with Crippen LogP contribution in [0.25, 0.3) is 11.3 Å². The van der Waals surface area contributed by atoms with E-state index in [9.17, 15) is 14.4 Å². The third-order valence-corrected chi connectivity index (χ3v) is 3.75. The SMILES string of the molecule is CCOC(=O)Cc1c(-c2ccccc2OC)oc(C(=O)OC)c1C(=O)OC.